The molecule has 2 aromatic heterocycles. The number of benzene rings is 1. The molecule has 1 saturated heterocycles. The van der Waals surface area contributed by atoms with E-state index in [1.807, 2.05) is 77.8 Å². The molecule has 1 aromatic carbocycles. The largest absolute Gasteiger partial charge is 0.487 e. The number of aromatic nitrogens is 2. The number of fused-ring (bicyclic) bond motifs is 1. The van der Waals surface area contributed by atoms with Crippen LogP contribution in [0.4, 0.5) is 10.5 Å². The topological polar surface area (TPSA) is 91.0 Å². The van der Waals surface area contributed by atoms with Gasteiger partial charge in [-0.2, -0.15) is 0 Å². The van der Waals surface area contributed by atoms with Gasteiger partial charge in [0, 0.05) is 55.4 Å². The van der Waals surface area contributed by atoms with Crippen LogP contribution in [0.3, 0.4) is 0 Å². The van der Waals surface area contributed by atoms with E-state index in [2.05, 4.69) is 14.9 Å². The van der Waals surface area contributed by atoms with Gasteiger partial charge in [-0.1, -0.05) is 23.7 Å². The summed E-state index contributed by atoms with van der Waals surface area (Å²) < 4.78 is 11.8. The van der Waals surface area contributed by atoms with E-state index in [0.29, 0.717) is 31.2 Å². The van der Waals surface area contributed by atoms with Crippen LogP contribution >= 0.6 is 11.6 Å². The highest BCUT2D eigenvalue weighted by Gasteiger charge is 2.34. The van der Waals surface area contributed by atoms with Gasteiger partial charge >= 0.3 is 6.09 Å². The van der Waals surface area contributed by atoms with E-state index in [1.54, 1.807) is 23.2 Å². The van der Waals surface area contributed by atoms with Crippen LogP contribution < -0.4 is 9.64 Å². The van der Waals surface area contributed by atoms with Crippen molar-refractivity contribution in [1.82, 2.24) is 19.8 Å². The third-order valence-electron chi connectivity index (χ3n) is 7.00. The Balaban J connectivity index is 1.57. The summed E-state index contributed by atoms with van der Waals surface area (Å²) in [6.45, 7) is 15.9. The second-order valence-electron chi connectivity index (χ2n) is 12.0. The Hall–Kier alpha value is -3.46. The highest BCUT2D eigenvalue weighted by molar-refractivity contribution is 6.30. The molecule has 41 heavy (non-hydrogen) atoms. The average Bonchev–Trinajstić information content (AvgIpc) is 3.37. The molecule has 1 aliphatic rings. The van der Waals surface area contributed by atoms with Gasteiger partial charge in [-0.05, 0) is 72.2 Å². The predicted molar refractivity (Wildman–Crippen MR) is 163 cm³/mol. The van der Waals surface area contributed by atoms with E-state index in [0.717, 1.165) is 28.0 Å². The molecule has 3 aromatic rings. The molecule has 3 heterocycles. The van der Waals surface area contributed by atoms with Crippen molar-refractivity contribution < 1.29 is 19.1 Å². The number of ether oxygens (including phenoxy) is 2. The van der Waals surface area contributed by atoms with Crippen molar-refractivity contribution in [3.05, 3.63) is 53.3 Å². The molecule has 2 amide bonds. The lowest BCUT2D eigenvalue weighted by Crippen LogP contribution is -2.52. The van der Waals surface area contributed by atoms with E-state index in [4.69, 9.17) is 21.1 Å². The molecule has 222 valence electrons. The van der Waals surface area contributed by atoms with Crippen LogP contribution in [0.15, 0.2) is 42.7 Å². The Kier molecular flexibility index (Phi) is 9.37. The number of carbonyl (C=O) groups excluding carboxylic acids is 2. The van der Waals surface area contributed by atoms with Gasteiger partial charge in [0.1, 0.15) is 11.2 Å². The van der Waals surface area contributed by atoms with Gasteiger partial charge in [-0.15, -0.1) is 0 Å². The summed E-state index contributed by atoms with van der Waals surface area (Å²) in [6.07, 6.45) is 3.21. The minimum atomic E-state index is -0.643. The van der Waals surface area contributed by atoms with Crippen molar-refractivity contribution in [2.75, 3.05) is 37.6 Å². The van der Waals surface area contributed by atoms with E-state index in [9.17, 15) is 9.59 Å². The average molecular weight is 584 g/mol. The Morgan fingerprint density at radius 2 is 1.71 bits per heavy atom. The summed E-state index contributed by atoms with van der Waals surface area (Å²) in [6, 6.07) is 9.15. The van der Waals surface area contributed by atoms with Crippen molar-refractivity contribution in [2.45, 2.75) is 72.1 Å². The normalized spacial score (nSPS) is 15.0. The number of piperazine rings is 1. The van der Waals surface area contributed by atoms with Gasteiger partial charge in [0.2, 0.25) is 5.91 Å². The first-order valence-electron chi connectivity index (χ1n) is 14.3. The first kappa shape index (κ1) is 30.5. The molecule has 1 fully saturated rings. The summed E-state index contributed by atoms with van der Waals surface area (Å²) in [7, 11) is 0. The third kappa shape index (κ3) is 7.44. The molecule has 0 bridgehead atoms. The van der Waals surface area contributed by atoms with Gasteiger partial charge in [0.15, 0.2) is 5.75 Å². The maximum atomic E-state index is 14.1. The molecule has 10 heteroatoms. The minimum Gasteiger partial charge on any atom is -0.487 e. The smallest absolute Gasteiger partial charge is 0.410 e. The second-order valence-corrected chi connectivity index (χ2v) is 12.5. The maximum Gasteiger partial charge on any atom is 0.410 e. The third-order valence-corrected chi connectivity index (χ3v) is 7.25. The van der Waals surface area contributed by atoms with Gasteiger partial charge in [0.25, 0.3) is 0 Å². The van der Waals surface area contributed by atoms with Crippen molar-refractivity contribution in [3.8, 4) is 5.75 Å². The number of halogens is 1. The van der Waals surface area contributed by atoms with Crippen LogP contribution in [0.2, 0.25) is 5.02 Å². The lowest BCUT2D eigenvalue weighted by molar-refractivity contribution is -0.133. The molecule has 1 unspecified atom stereocenters. The monoisotopic (exact) mass is 583 g/mol. The highest BCUT2D eigenvalue weighted by Crippen LogP contribution is 2.36. The van der Waals surface area contributed by atoms with Crippen LogP contribution in [0.1, 0.15) is 59.9 Å². The first-order chi connectivity index (χ1) is 19.3. The molecular formula is C31H42ClN5O4. The molecule has 0 saturated carbocycles. The molecule has 1 atom stereocenters. The Labute approximate surface area is 247 Å². The lowest BCUT2D eigenvalue weighted by atomic mass is 9.96. The van der Waals surface area contributed by atoms with Gasteiger partial charge in [-0.25, -0.2) is 9.78 Å². The fourth-order valence-corrected chi connectivity index (χ4v) is 5.17. The number of rotatable bonds is 8. The molecular weight excluding hydrogens is 542 g/mol. The van der Waals surface area contributed by atoms with Crippen LogP contribution in [0, 0.1) is 0 Å². The molecule has 4 rings (SSSR count). The zero-order chi connectivity index (χ0) is 29.9. The Morgan fingerprint density at radius 3 is 2.29 bits per heavy atom. The van der Waals surface area contributed by atoms with Gasteiger partial charge in [0.05, 0.1) is 23.9 Å². The van der Waals surface area contributed by atoms with Crippen molar-refractivity contribution >= 4 is 40.3 Å². The molecule has 1 N–H and O–H groups in total. The summed E-state index contributed by atoms with van der Waals surface area (Å²) in [5.74, 6) is 0.142. The first-order valence-corrected chi connectivity index (χ1v) is 14.6. The lowest BCUT2D eigenvalue weighted by Gasteiger charge is -2.39. The van der Waals surface area contributed by atoms with E-state index < -0.39 is 17.6 Å². The molecule has 0 radical (unpaired) electrons. The van der Waals surface area contributed by atoms with Crippen LogP contribution in [-0.4, -0.2) is 82.2 Å². The van der Waals surface area contributed by atoms with Gasteiger partial charge in [-0.3, -0.25) is 4.79 Å². The number of hydrogen-bond donors (Lipinski definition) is 1. The Morgan fingerprint density at radius 1 is 1.05 bits per heavy atom. The number of anilines is 1. The Bertz CT molecular complexity index is 1340. The van der Waals surface area contributed by atoms with E-state index >= 15 is 0 Å². The molecule has 1 aliphatic heterocycles. The second kappa shape index (κ2) is 12.6. The molecule has 9 nitrogen and oxygen atoms in total. The zero-order valence-electron chi connectivity index (χ0n) is 25.1. The standard InChI is InChI=1S/C31H42ClN5O4/c1-20(2)37(30(39)41-31(5,6)7)19-25(22-8-10-23(32)11-9-22)29(38)36-16-14-35(15-17-36)27-24-12-13-33-28(24)34-18-26(27)40-21(3)4/h8-13,18,20-21,25H,14-17,19H2,1-7H3,(H,33,34). The molecule has 0 spiro atoms. The number of carbonyl (C=O) groups is 2. The van der Waals surface area contributed by atoms with Crippen molar-refractivity contribution in [3.63, 3.8) is 0 Å². The highest BCUT2D eigenvalue weighted by atomic mass is 35.5. The van der Waals surface area contributed by atoms with Crippen LogP contribution in [0.25, 0.3) is 11.0 Å². The number of nitrogens with one attached hydrogen (secondary N) is 1. The summed E-state index contributed by atoms with van der Waals surface area (Å²) in [4.78, 5) is 40.8. The quantitative estimate of drug-likeness (QED) is 0.345. The van der Waals surface area contributed by atoms with Crippen LogP contribution in [-0.2, 0) is 9.53 Å². The summed E-state index contributed by atoms with van der Waals surface area (Å²) in [5, 5.41) is 1.58. The number of pyridine rings is 1. The number of aromatic amines is 1. The van der Waals surface area contributed by atoms with Crippen molar-refractivity contribution in [2.24, 2.45) is 0 Å². The van der Waals surface area contributed by atoms with Crippen molar-refractivity contribution in [1.29, 1.82) is 0 Å². The fourth-order valence-electron chi connectivity index (χ4n) is 5.05. The zero-order valence-corrected chi connectivity index (χ0v) is 25.9. The predicted octanol–water partition coefficient (Wildman–Crippen LogP) is 6.08. The number of hydrogen-bond acceptors (Lipinski definition) is 6. The van der Waals surface area contributed by atoms with E-state index in [1.165, 1.54) is 0 Å². The number of nitrogens with zero attached hydrogens (tertiary/aromatic N) is 4. The fraction of sp³-hybridized carbons (Fsp3) is 0.516. The number of amides is 2. The summed E-state index contributed by atoms with van der Waals surface area (Å²) in [5.41, 5.74) is 1.96. The summed E-state index contributed by atoms with van der Waals surface area (Å²) >= 11 is 6.17. The van der Waals surface area contributed by atoms with E-state index in [-0.39, 0.29) is 24.6 Å². The minimum absolute atomic E-state index is 0.00354. The van der Waals surface area contributed by atoms with Crippen LogP contribution in [0.5, 0.6) is 5.75 Å². The van der Waals surface area contributed by atoms with Gasteiger partial charge < -0.3 is 29.2 Å². The molecule has 0 aliphatic carbocycles. The number of H-pyrrole nitrogens is 1. The maximum absolute atomic E-state index is 14.1. The SMILES string of the molecule is CC(C)Oc1cnc2[nH]ccc2c1N1CCN(C(=O)C(CN(C(=O)OC(C)(C)C)C(C)C)c2ccc(Cl)cc2)CC1.